The predicted molar refractivity (Wildman–Crippen MR) is 84.2 cm³/mol. The van der Waals surface area contributed by atoms with Crippen LogP contribution in [0.1, 0.15) is 35.7 Å². The first-order valence-electron chi connectivity index (χ1n) is 7.03. The van der Waals surface area contributed by atoms with Gasteiger partial charge in [-0.2, -0.15) is 0 Å². The van der Waals surface area contributed by atoms with Crippen LogP contribution in [0.4, 0.5) is 0 Å². The molecule has 1 aromatic heterocycles. The highest BCUT2D eigenvalue weighted by molar-refractivity contribution is 7.89. The third-order valence-electron chi connectivity index (χ3n) is 3.69. The number of rotatable bonds is 5. The third kappa shape index (κ3) is 3.29. The Morgan fingerprint density at radius 2 is 2.09 bits per heavy atom. The summed E-state index contributed by atoms with van der Waals surface area (Å²) in [5, 5.41) is 0.431. The Balaban J connectivity index is 1.77. The minimum Gasteiger partial charge on any atom is -0.241 e. The van der Waals surface area contributed by atoms with Gasteiger partial charge in [-0.05, 0) is 43.5 Å². The summed E-state index contributed by atoms with van der Waals surface area (Å²) in [5.74, 6) is 0.508. The minimum absolute atomic E-state index is 0.135. The molecule has 1 aliphatic carbocycles. The topological polar surface area (TPSA) is 72.0 Å². The quantitative estimate of drug-likeness (QED) is 0.910. The van der Waals surface area contributed by atoms with Crippen molar-refractivity contribution < 1.29 is 8.42 Å². The van der Waals surface area contributed by atoms with Crippen molar-refractivity contribution in [3.63, 3.8) is 0 Å². The molecule has 1 saturated carbocycles. The van der Waals surface area contributed by atoms with Crippen LogP contribution in [0, 0.1) is 6.92 Å². The molecule has 116 valence electrons. The fraction of sp³-hybridized carbons (Fsp3) is 0.333. The van der Waals surface area contributed by atoms with E-state index in [-0.39, 0.29) is 11.4 Å². The van der Waals surface area contributed by atoms with E-state index in [0.717, 1.165) is 18.5 Å². The van der Waals surface area contributed by atoms with Gasteiger partial charge in [0.1, 0.15) is 6.33 Å². The Morgan fingerprint density at radius 3 is 2.82 bits per heavy atom. The first-order valence-corrected chi connectivity index (χ1v) is 8.89. The lowest BCUT2D eigenvalue weighted by molar-refractivity contribution is 0.579. The Bertz CT molecular complexity index is 804. The second-order valence-electron chi connectivity index (χ2n) is 5.40. The largest absolute Gasteiger partial charge is 0.241 e. The predicted octanol–water partition coefficient (Wildman–Crippen LogP) is 2.79. The number of sulfonamides is 1. The maximum atomic E-state index is 12.4. The molecule has 1 aliphatic rings. The molecule has 0 atom stereocenters. The average Bonchev–Trinajstić information content (AvgIpc) is 3.33. The van der Waals surface area contributed by atoms with Crippen molar-refractivity contribution in [1.29, 1.82) is 0 Å². The number of hydrogen-bond acceptors (Lipinski definition) is 4. The van der Waals surface area contributed by atoms with Crippen molar-refractivity contribution in [3.8, 4) is 0 Å². The van der Waals surface area contributed by atoms with Crippen LogP contribution in [-0.4, -0.2) is 18.4 Å². The highest BCUT2D eigenvalue weighted by atomic mass is 35.5. The molecule has 0 unspecified atom stereocenters. The van der Waals surface area contributed by atoms with E-state index in [1.165, 1.54) is 6.33 Å². The van der Waals surface area contributed by atoms with E-state index in [1.54, 1.807) is 25.1 Å². The summed E-state index contributed by atoms with van der Waals surface area (Å²) in [7, 11) is -3.62. The van der Waals surface area contributed by atoms with Gasteiger partial charge in [0.15, 0.2) is 0 Å². The summed E-state index contributed by atoms with van der Waals surface area (Å²) in [6, 6.07) is 6.70. The summed E-state index contributed by atoms with van der Waals surface area (Å²) >= 11 is 5.99. The Morgan fingerprint density at radius 1 is 1.32 bits per heavy atom. The van der Waals surface area contributed by atoms with Crippen molar-refractivity contribution in [2.24, 2.45) is 0 Å². The number of hydrogen-bond donors (Lipinski definition) is 1. The molecule has 0 spiro atoms. The molecule has 1 N–H and O–H groups in total. The molecule has 1 aromatic carbocycles. The van der Waals surface area contributed by atoms with Gasteiger partial charge in [-0.25, -0.2) is 23.1 Å². The normalized spacial score (nSPS) is 15.0. The van der Waals surface area contributed by atoms with E-state index in [2.05, 4.69) is 14.7 Å². The molecule has 3 rings (SSSR count). The van der Waals surface area contributed by atoms with Crippen LogP contribution >= 0.6 is 11.6 Å². The van der Waals surface area contributed by atoms with Crippen LogP contribution in [0.5, 0.6) is 0 Å². The van der Waals surface area contributed by atoms with Crippen LogP contribution in [0.15, 0.2) is 35.5 Å². The first-order chi connectivity index (χ1) is 10.5. The van der Waals surface area contributed by atoms with Gasteiger partial charge in [0.05, 0.1) is 17.1 Å². The Labute approximate surface area is 134 Å². The summed E-state index contributed by atoms with van der Waals surface area (Å²) in [5.41, 5.74) is 2.20. The second-order valence-corrected chi connectivity index (χ2v) is 7.54. The zero-order valence-corrected chi connectivity index (χ0v) is 13.7. The molecule has 0 amide bonds. The van der Waals surface area contributed by atoms with E-state index >= 15 is 0 Å². The van der Waals surface area contributed by atoms with E-state index in [0.29, 0.717) is 22.2 Å². The highest BCUT2D eigenvalue weighted by Crippen LogP contribution is 2.38. The number of nitrogens with one attached hydrogen (secondary N) is 1. The molecular weight excluding hydrogens is 322 g/mol. The molecule has 0 aliphatic heterocycles. The fourth-order valence-corrected chi connectivity index (χ4v) is 3.73. The third-order valence-corrected chi connectivity index (χ3v) is 5.65. The lowest BCUT2D eigenvalue weighted by Gasteiger charge is -2.10. The zero-order valence-electron chi connectivity index (χ0n) is 12.1. The number of halogens is 1. The molecule has 1 heterocycles. The average molecular weight is 338 g/mol. The molecule has 22 heavy (non-hydrogen) atoms. The molecule has 5 nitrogen and oxygen atoms in total. The summed E-state index contributed by atoms with van der Waals surface area (Å²) in [6.45, 7) is 1.82. The van der Waals surface area contributed by atoms with Gasteiger partial charge >= 0.3 is 0 Å². The van der Waals surface area contributed by atoms with Gasteiger partial charge in [-0.15, -0.1) is 0 Å². The van der Waals surface area contributed by atoms with Crippen LogP contribution in [0.25, 0.3) is 0 Å². The van der Waals surface area contributed by atoms with Gasteiger partial charge in [0.25, 0.3) is 0 Å². The fourth-order valence-electron chi connectivity index (χ4n) is 2.24. The number of aromatic nitrogens is 2. The second kappa shape index (κ2) is 5.95. The molecule has 0 radical (unpaired) electrons. The lowest BCUT2D eigenvalue weighted by atomic mass is 10.2. The first kappa shape index (κ1) is 15.4. The SMILES string of the molecule is Cc1c(Cl)cccc1S(=O)(=O)NCc1cc(C2CC2)ncn1. The van der Waals surface area contributed by atoms with Crippen molar-refractivity contribution in [2.45, 2.75) is 37.1 Å². The van der Waals surface area contributed by atoms with Crippen LogP contribution in [0.3, 0.4) is 0 Å². The van der Waals surface area contributed by atoms with Crippen molar-refractivity contribution in [1.82, 2.24) is 14.7 Å². The number of benzene rings is 1. The van der Waals surface area contributed by atoms with E-state index in [1.807, 2.05) is 6.07 Å². The summed E-state index contributed by atoms with van der Waals surface area (Å²) < 4.78 is 27.4. The van der Waals surface area contributed by atoms with E-state index < -0.39 is 10.0 Å². The van der Waals surface area contributed by atoms with Crippen molar-refractivity contribution in [3.05, 3.63) is 52.6 Å². The van der Waals surface area contributed by atoms with E-state index in [4.69, 9.17) is 11.6 Å². The molecule has 0 saturated heterocycles. The summed E-state index contributed by atoms with van der Waals surface area (Å²) in [6.07, 6.45) is 3.77. The number of nitrogens with zero attached hydrogens (tertiary/aromatic N) is 2. The minimum atomic E-state index is -3.62. The molecule has 1 fully saturated rings. The maximum absolute atomic E-state index is 12.4. The Kier molecular flexibility index (Phi) is 4.16. The maximum Gasteiger partial charge on any atom is 0.241 e. The Hall–Kier alpha value is -1.50. The van der Waals surface area contributed by atoms with Crippen LogP contribution < -0.4 is 4.72 Å². The van der Waals surface area contributed by atoms with Crippen LogP contribution in [-0.2, 0) is 16.6 Å². The van der Waals surface area contributed by atoms with Gasteiger partial charge < -0.3 is 0 Å². The van der Waals surface area contributed by atoms with Gasteiger partial charge in [-0.3, -0.25) is 0 Å². The van der Waals surface area contributed by atoms with Gasteiger partial charge in [-0.1, -0.05) is 17.7 Å². The smallest absolute Gasteiger partial charge is 0.241 e. The molecule has 2 aromatic rings. The highest BCUT2D eigenvalue weighted by Gasteiger charge is 2.25. The zero-order chi connectivity index (χ0) is 15.7. The summed E-state index contributed by atoms with van der Waals surface area (Å²) in [4.78, 5) is 8.54. The monoisotopic (exact) mass is 337 g/mol. The molecule has 7 heteroatoms. The molecule has 0 bridgehead atoms. The van der Waals surface area contributed by atoms with Crippen LogP contribution in [0.2, 0.25) is 5.02 Å². The van der Waals surface area contributed by atoms with Crippen molar-refractivity contribution >= 4 is 21.6 Å². The van der Waals surface area contributed by atoms with E-state index in [9.17, 15) is 8.42 Å². The standard InChI is InChI=1S/C15H16ClN3O2S/c1-10-13(16)3-2-4-15(10)22(20,21)19-8-12-7-14(11-5-6-11)18-9-17-12/h2-4,7,9,11,19H,5-6,8H2,1H3. The van der Waals surface area contributed by atoms with Crippen molar-refractivity contribution in [2.75, 3.05) is 0 Å². The lowest BCUT2D eigenvalue weighted by Crippen LogP contribution is -2.24. The molecular formula is C15H16ClN3O2S. The van der Waals surface area contributed by atoms with Gasteiger partial charge in [0.2, 0.25) is 10.0 Å². The van der Waals surface area contributed by atoms with Gasteiger partial charge in [0, 0.05) is 16.6 Å².